The Hall–Kier alpha value is -2.08. The van der Waals surface area contributed by atoms with Gasteiger partial charge in [0.25, 0.3) is 0 Å². The molecule has 3 nitrogen and oxygen atoms in total. The Morgan fingerprint density at radius 2 is 2.29 bits per heavy atom. The van der Waals surface area contributed by atoms with Crippen LogP contribution < -0.4 is 0 Å². The highest BCUT2D eigenvalue weighted by Crippen LogP contribution is 2.44. The number of rotatable bonds is 4. The summed E-state index contributed by atoms with van der Waals surface area (Å²) in [6.45, 7) is 2.81. The number of nitrogens with zero attached hydrogens (tertiary/aromatic N) is 2. The van der Waals surface area contributed by atoms with Crippen LogP contribution in [0.5, 0.6) is 0 Å². The highest BCUT2D eigenvalue weighted by molar-refractivity contribution is 5.80. The maximum atomic E-state index is 12.8. The van der Waals surface area contributed by atoms with Gasteiger partial charge in [0.15, 0.2) is 0 Å². The number of pyridine rings is 1. The quantitative estimate of drug-likeness (QED) is 0.627. The fourth-order valence-electron chi connectivity index (χ4n) is 3.50. The van der Waals surface area contributed by atoms with Gasteiger partial charge in [-0.1, -0.05) is 24.1 Å². The summed E-state index contributed by atoms with van der Waals surface area (Å²) >= 11 is 0. The molecule has 3 unspecified atom stereocenters. The number of aryl methyl sites for hydroxylation is 1. The third kappa shape index (κ3) is 2.85. The van der Waals surface area contributed by atoms with Crippen molar-refractivity contribution >= 4 is 5.91 Å². The minimum atomic E-state index is 0.109. The van der Waals surface area contributed by atoms with Gasteiger partial charge in [-0.3, -0.25) is 9.78 Å². The monoisotopic (exact) mass is 280 g/mol. The summed E-state index contributed by atoms with van der Waals surface area (Å²) in [5, 5.41) is 0. The number of carbonyl (C=O) groups is 1. The van der Waals surface area contributed by atoms with Crippen LogP contribution in [0.4, 0.5) is 0 Å². The summed E-state index contributed by atoms with van der Waals surface area (Å²) in [6.07, 6.45) is 12.0. The lowest BCUT2D eigenvalue weighted by atomic mass is 9.92. The third-order valence-electron chi connectivity index (χ3n) is 4.49. The first-order chi connectivity index (χ1) is 10.2. The van der Waals surface area contributed by atoms with Gasteiger partial charge in [-0.05, 0) is 43.7 Å². The maximum Gasteiger partial charge on any atom is 0.227 e. The molecule has 0 N–H and O–H groups in total. The van der Waals surface area contributed by atoms with Crippen molar-refractivity contribution in [2.75, 3.05) is 6.54 Å². The van der Waals surface area contributed by atoms with Gasteiger partial charge >= 0.3 is 0 Å². The molecule has 2 aliphatic carbocycles. The number of hydrogen-bond acceptors (Lipinski definition) is 2. The molecule has 0 spiro atoms. The van der Waals surface area contributed by atoms with E-state index in [1.54, 1.807) is 4.90 Å². The molecule has 1 aromatic rings. The van der Waals surface area contributed by atoms with Gasteiger partial charge < -0.3 is 4.90 Å². The van der Waals surface area contributed by atoms with Crippen molar-refractivity contribution < 1.29 is 4.79 Å². The minimum absolute atomic E-state index is 0.109. The standard InChI is InChI=1S/C18H20N2O/c1-3-9-20(12-16-6-4-5-13(2)19-16)18(21)17-11-14-7-8-15(17)10-14/h1,4-8,14-15,17H,9-12H2,2H3. The van der Waals surface area contributed by atoms with E-state index < -0.39 is 0 Å². The molecular weight excluding hydrogens is 260 g/mol. The van der Waals surface area contributed by atoms with Gasteiger partial charge in [0.2, 0.25) is 5.91 Å². The van der Waals surface area contributed by atoms with Gasteiger partial charge in [-0.25, -0.2) is 0 Å². The lowest BCUT2D eigenvalue weighted by Gasteiger charge is -2.26. The summed E-state index contributed by atoms with van der Waals surface area (Å²) in [7, 11) is 0. The average molecular weight is 280 g/mol. The topological polar surface area (TPSA) is 33.2 Å². The lowest BCUT2D eigenvalue weighted by Crippen LogP contribution is -2.37. The average Bonchev–Trinajstić information content (AvgIpc) is 3.09. The first-order valence-electron chi connectivity index (χ1n) is 7.50. The number of hydrogen-bond donors (Lipinski definition) is 0. The molecule has 21 heavy (non-hydrogen) atoms. The van der Waals surface area contributed by atoms with Gasteiger partial charge in [-0.15, -0.1) is 6.42 Å². The van der Waals surface area contributed by atoms with E-state index in [1.165, 1.54) is 0 Å². The van der Waals surface area contributed by atoms with E-state index in [2.05, 4.69) is 23.1 Å². The van der Waals surface area contributed by atoms with Crippen LogP contribution in [-0.4, -0.2) is 22.3 Å². The van der Waals surface area contributed by atoms with Crippen LogP contribution in [0, 0.1) is 37.0 Å². The van der Waals surface area contributed by atoms with E-state index in [9.17, 15) is 4.79 Å². The van der Waals surface area contributed by atoms with Crippen molar-refractivity contribution in [3.8, 4) is 12.3 Å². The summed E-state index contributed by atoms with van der Waals surface area (Å²) < 4.78 is 0. The molecule has 1 aromatic heterocycles. The Morgan fingerprint density at radius 3 is 2.90 bits per heavy atom. The molecular formula is C18H20N2O. The molecule has 3 heteroatoms. The molecule has 3 rings (SSSR count). The Bertz CT molecular complexity index is 614. The molecule has 2 aliphatic rings. The minimum Gasteiger partial charge on any atom is -0.325 e. The van der Waals surface area contributed by atoms with Crippen LogP contribution in [0.15, 0.2) is 30.4 Å². The van der Waals surface area contributed by atoms with Crippen LogP contribution in [0.2, 0.25) is 0 Å². The predicted molar refractivity (Wildman–Crippen MR) is 82.1 cm³/mol. The fourth-order valence-corrected chi connectivity index (χ4v) is 3.50. The molecule has 3 atom stereocenters. The van der Waals surface area contributed by atoms with Crippen LogP contribution in [0.1, 0.15) is 24.2 Å². The number of allylic oxidation sites excluding steroid dienone is 2. The lowest BCUT2D eigenvalue weighted by molar-refractivity contribution is -0.136. The summed E-state index contributed by atoms with van der Waals surface area (Å²) in [4.78, 5) is 19.0. The van der Waals surface area contributed by atoms with Crippen molar-refractivity contribution in [3.05, 3.63) is 41.7 Å². The van der Waals surface area contributed by atoms with Gasteiger partial charge in [0, 0.05) is 11.6 Å². The van der Waals surface area contributed by atoms with Crippen LogP contribution >= 0.6 is 0 Å². The Balaban J connectivity index is 1.74. The number of amides is 1. The zero-order valence-electron chi connectivity index (χ0n) is 12.3. The van der Waals surface area contributed by atoms with E-state index in [-0.39, 0.29) is 11.8 Å². The molecule has 1 fully saturated rings. The molecule has 0 aromatic carbocycles. The fraction of sp³-hybridized carbons (Fsp3) is 0.444. The van der Waals surface area contributed by atoms with Crippen molar-refractivity contribution in [2.24, 2.45) is 17.8 Å². The predicted octanol–water partition coefficient (Wildman–Crippen LogP) is 2.56. The molecule has 2 bridgehead atoms. The zero-order chi connectivity index (χ0) is 14.8. The van der Waals surface area contributed by atoms with Crippen LogP contribution in [-0.2, 0) is 11.3 Å². The number of fused-ring (bicyclic) bond motifs is 2. The van der Waals surface area contributed by atoms with E-state index in [4.69, 9.17) is 6.42 Å². The largest absolute Gasteiger partial charge is 0.325 e. The maximum absolute atomic E-state index is 12.8. The Kier molecular flexibility index (Phi) is 3.79. The van der Waals surface area contributed by atoms with E-state index in [0.29, 0.717) is 24.9 Å². The summed E-state index contributed by atoms with van der Waals surface area (Å²) in [5.41, 5.74) is 1.86. The van der Waals surface area contributed by atoms with E-state index >= 15 is 0 Å². The molecule has 1 saturated carbocycles. The summed E-state index contributed by atoms with van der Waals surface area (Å²) in [5.74, 6) is 3.91. The number of carbonyl (C=O) groups excluding carboxylic acids is 1. The van der Waals surface area contributed by atoms with Crippen molar-refractivity contribution in [1.82, 2.24) is 9.88 Å². The van der Waals surface area contributed by atoms with Gasteiger partial charge in [0.05, 0.1) is 18.8 Å². The second kappa shape index (κ2) is 5.73. The Labute approximate surface area is 126 Å². The number of terminal acetylenes is 1. The highest BCUT2D eigenvalue weighted by atomic mass is 16.2. The third-order valence-corrected chi connectivity index (χ3v) is 4.49. The van der Waals surface area contributed by atoms with Gasteiger partial charge in [-0.2, -0.15) is 0 Å². The van der Waals surface area contributed by atoms with E-state index in [0.717, 1.165) is 24.2 Å². The molecule has 108 valence electrons. The highest BCUT2D eigenvalue weighted by Gasteiger charge is 2.41. The molecule has 0 saturated heterocycles. The smallest absolute Gasteiger partial charge is 0.227 e. The molecule has 0 radical (unpaired) electrons. The first kappa shape index (κ1) is 13.9. The SMILES string of the molecule is C#CCN(Cc1cccc(C)n1)C(=O)C1CC2C=CC1C2. The van der Waals surface area contributed by atoms with E-state index in [1.807, 2.05) is 25.1 Å². The van der Waals surface area contributed by atoms with Crippen molar-refractivity contribution in [1.29, 1.82) is 0 Å². The van der Waals surface area contributed by atoms with Crippen molar-refractivity contribution in [2.45, 2.75) is 26.3 Å². The van der Waals surface area contributed by atoms with Crippen LogP contribution in [0.3, 0.4) is 0 Å². The molecule has 1 amide bonds. The normalized spacial score (nSPS) is 25.8. The van der Waals surface area contributed by atoms with Crippen LogP contribution in [0.25, 0.3) is 0 Å². The molecule has 1 heterocycles. The zero-order valence-corrected chi connectivity index (χ0v) is 12.3. The number of aromatic nitrogens is 1. The van der Waals surface area contributed by atoms with Crippen molar-refractivity contribution in [3.63, 3.8) is 0 Å². The van der Waals surface area contributed by atoms with Gasteiger partial charge in [0.1, 0.15) is 0 Å². The summed E-state index contributed by atoms with van der Waals surface area (Å²) in [6, 6.07) is 5.87. The second-order valence-corrected chi connectivity index (χ2v) is 6.06. The second-order valence-electron chi connectivity index (χ2n) is 6.06. The molecule has 0 aliphatic heterocycles. The first-order valence-corrected chi connectivity index (χ1v) is 7.50. The Morgan fingerprint density at radius 1 is 1.43 bits per heavy atom.